The molecule has 0 saturated carbocycles. The maximum atomic E-state index is 12.0. The zero-order valence-electron chi connectivity index (χ0n) is 9.96. The van der Waals surface area contributed by atoms with Gasteiger partial charge in [-0.1, -0.05) is 6.92 Å². The second-order valence-electron chi connectivity index (χ2n) is 4.24. The van der Waals surface area contributed by atoms with E-state index < -0.39 is 22.5 Å². The smallest absolute Gasteiger partial charge is 0.318 e. The van der Waals surface area contributed by atoms with Crippen LogP contribution in [0.4, 0.5) is 0 Å². The third-order valence-electron chi connectivity index (χ3n) is 2.65. The van der Waals surface area contributed by atoms with Crippen LogP contribution in [0.3, 0.4) is 0 Å². The summed E-state index contributed by atoms with van der Waals surface area (Å²) in [6.07, 6.45) is 1.33. The minimum atomic E-state index is -3.49. The highest BCUT2D eigenvalue weighted by atomic mass is 32.2. The van der Waals surface area contributed by atoms with Crippen molar-refractivity contribution in [1.82, 2.24) is 4.31 Å². The zero-order chi connectivity index (χ0) is 12.9. The quantitative estimate of drug-likeness (QED) is 0.708. The normalized spacial score (nSPS) is 20.9. The summed E-state index contributed by atoms with van der Waals surface area (Å²) in [6.45, 7) is 2.66. The monoisotopic (exact) mass is 265 g/mol. The second kappa shape index (κ2) is 6.32. The Hall–Kier alpha value is -0.660. The van der Waals surface area contributed by atoms with Gasteiger partial charge in [0.25, 0.3) is 0 Å². The highest BCUT2D eigenvalue weighted by Crippen LogP contribution is 2.17. The molecular formula is C10H19NO5S. The van der Waals surface area contributed by atoms with Gasteiger partial charge in [0, 0.05) is 13.2 Å². The van der Waals surface area contributed by atoms with E-state index in [-0.39, 0.29) is 18.2 Å². The Morgan fingerprint density at radius 1 is 1.53 bits per heavy atom. The Labute approximate surface area is 102 Å². The first-order valence-electron chi connectivity index (χ1n) is 5.73. The van der Waals surface area contributed by atoms with Gasteiger partial charge in [0.15, 0.2) is 0 Å². The standard InChI is InChI=1S/C10H19NO5S/c1-2-4-11(6-10(12)13)17(14,15)8-9-3-5-16-7-9/h9H,2-8H2,1H3,(H,12,13). The fourth-order valence-electron chi connectivity index (χ4n) is 1.83. The number of ether oxygens (including phenoxy) is 1. The van der Waals surface area contributed by atoms with Crippen LogP contribution in [0.25, 0.3) is 0 Å². The maximum absolute atomic E-state index is 12.0. The predicted octanol–water partition coefficient (Wildman–Crippen LogP) is 0.149. The van der Waals surface area contributed by atoms with Gasteiger partial charge in [-0.3, -0.25) is 4.79 Å². The number of carboxylic acids is 1. The van der Waals surface area contributed by atoms with E-state index in [1.807, 2.05) is 6.92 Å². The molecule has 17 heavy (non-hydrogen) atoms. The van der Waals surface area contributed by atoms with Crippen molar-refractivity contribution in [2.75, 3.05) is 32.1 Å². The molecule has 0 aliphatic carbocycles. The second-order valence-corrected chi connectivity index (χ2v) is 6.25. The number of carbonyl (C=O) groups is 1. The SMILES string of the molecule is CCCN(CC(=O)O)S(=O)(=O)CC1CCOC1. The van der Waals surface area contributed by atoms with Gasteiger partial charge in [-0.2, -0.15) is 4.31 Å². The summed E-state index contributed by atoms with van der Waals surface area (Å²) in [5, 5.41) is 8.70. The van der Waals surface area contributed by atoms with Crippen LogP contribution in [0, 0.1) is 5.92 Å². The number of carboxylic acid groups (broad SMARTS) is 1. The van der Waals surface area contributed by atoms with Crippen LogP contribution in [0.5, 0.6) is 0 Å². The zero-order valence-corrected chi connectivity index (χ0v) is 10.8. The van der Waals surface area contributed by atoms with Crippen molar-refractivity contribution < 1.29 is 23.1 Å². The Kier molecular flexibility index (Phi) is 5.35. The third-order valence-corrected chi connectivity index (χ3v) is 4.64. The molecule has 0 aromatic rings. The predicted molar refractivity (Wildman–Crippen MR) is 62.2 cm³/mol. The molecule has 100 valence electrons. The fourth-order valence-corrected chi connectivity index (χ4v) is 3.67. The highest BCUT2D eigenvalue weighted by Gasteiger charge is 2.29. The maximum Gasteiger partial charge on any atom is 0.318 e. The van der Waals surface area contributed by atoms with E-state index in [2.05, 4.69) is 0 Å². The molecule has 1 saturated heterocycles. The topological polar surface area (TPSA) is 83.9 Å². The number of aliphatic carboxylic acids is 1. The summed E-state index contributed by atoms with van der Waals surface area (Å²) >= 11 is 0. The molecular weight excluding hydrogens is 246 g/mol. The number of hydrogen-bond donors (Lipinski definition) is 1. The van der Waals surface area contributed by atoms with Crippen LogP contribution in [0.2, 0.25) is 0 Å². The van der Waals surface area contributed by atoms with Gasteiger partial charge < -0.3 is 9.84 Å². The lowest BCUT2D eigenvalue weighted by molar-refractivity contribution is -0.137. The Morgan fingerprint density at radius 2 is 2.24 bits per heavy atom. The van der Waals surface area contributed by atoms with Crippen LogP contribution in [-0.2, 0) is 19.6 Å². The minimum Gasteiger partial charge on any atom is -0.480 e. The Balaban J connectivity index is 2.65. The average molecular weight is 265 g/mol. The van der Waals surface area contributed by atoms with Crippen molar-refractivity contribution in [3.8, 4) is 0 Å². The van der Waals surface area contributed by atoms with Crippen molar-refractivity contribution >= 4 is 16.0 Å². The molecule has 0 aromatic heterocycles. The summed E-state index contributed by atoms with van der Waals surface area (Å²) in [6, 6.07) is 0. The van der Waals surface area contributed by atoms with Crippen LogP contribution < -0.4 is 0 Å². The summed E-state index contributed by atoms with van der Waals surface area (Å²) in [4.78, 5) is 10.6. The van der Waals surface area contributed by atoms with Crippen molar-refractivity contribution in [3.05, 3.63) is 0 Å². The van der Waals surface area contributed by atoms with Crippen LogP contribution in [-0.4, -0.2) is 55.9 Å². The van der Waals surface area contributed by atoms with Crippen LogP contribution in [0.15, 0.2) is 0 Å². The molecule has 1 unspecified atom stereocenters. The molecule has 1 fully saturated rings. The van der Waals surface area contributed by atoms with Gasteiger partial charge in [0.1, 0.15) is 6.54 Å². The molecule has 6 nitrogen and oxygen atoms in total. The van der Waals surface area contributed by atoms with Crippen LogP contribution in [0.1, 0.15) is 19.8 Å². The van der Waals surface area contributed by atoms with E-state index in [9.17, 15) is 13.2 Å². The molecule has 7 heteroatoms. The first kappa shape index (κ1) is 14.4. The number of sulfonamides is 1. The lowest BCUT2D eigenvalue weighted by Gasteiger charge is -2.21. The van der Waals surface area contributed by atoms with Crippen molar-refractivity contribution in [1.29, 1.82) is 0 Å². The highest BCUT2D eigenvalue weighted by molar-refractivity contribution is 7.89. The Bertz CT molecular complexity index is 348. The lowest BCUT2D eigenvalue weighted by Crippen LogP contribution is -2.39. The molecule has 0 radical (unpaired) electrons. The lowest BCUT2D eigenvalue weighted by atomic mass is 10.2. The molecule has 1 heterocycles. The molecule has 1 atom stereocenters. The van der Waals surface area contributed by atoms with Gasteiger partial charge in [0.05, 0.1) is 12.4 Å². The van der Waals surface area contributed by atoms with Gasteiger partial charge in [0.2, 0.25) is 10.0 Å². The summed E-state index contributed by atoms with van der Waals surface area (Å²) < 4.78 is 30.2. The van der Waals surface area contributed by atoms with E-state index in [4.69, 9.17) is 9.84 Å². The largest absolute Gasteiger partial charge is 0.480 e. The molecule has 1 N–H and O–H groups in total. The van der Waals surface area contributed by atoms with Gasteiger partial charge in [-0.15, -0.1) is 0 Å². The number of nitrogens with zero attached hydrogens (tertiary/aromatic N) is 1. The van der Waals surface area contributed by atoms with E-state index >= 15 is 0 Å². The molecule has 1 aliphatic rings. The van der Waals surface area contributed by atoms with E-state index in [0.717, 1.165) is 10.7 Å². The molecule has 0 bridgehead atoms. The van der Waals surface area contributed by atoms with E-state index in [0.29, 0.717) is 19.6 Å². The van der Waals surface area contributed by atoms with Gasteiger partial charge in [-0.05, 0) is 18.8 Å². The van der Waals surface area contributed by atoms with Crippen molar-refractivity contribution in [3.63, 3.8) is 0 Å². The summed E-state index contributed by atoms with van der Waals surface area (Å²) in [5.41, 5.74) is 0. The van der Waals surface area contributed by atoms with Crippen molar-refractivity contribution in [2.24, 2.45) is 5.92 Å². The molecule has 0 spiro atoms. The molecule has 1 aliphatic heterocycles. The third kappa shape index (κ3) is 4.61. The van der Waals surface area contributed by atoms with Crippen molar-refractivity contribution in [2.45, 2.75) is 19.8 Å². The summed E-state index contributed by atoms with van der Waals surface area (Å²) in [5.74, 6) is -1.14. The fraction of sp³-hybridized carbons (Fsp3) is 0.900. The van der Waals surface area contributed by atoms with Gasteiger partial charge in [-0.25, -0.2) is 8.42 Å². The van der Waals surface area contributed by atoms with Crippen LogP contribution >= 0.6 is 0 Å². The number of hydrogen-bond acceptors (Lipinski definition) is 4. The molecule has 0 amide bonds. The minimum absolute atomic E-state index is 0.00634. The van der Waals surface area contributed by atoms with E-state index in [1.165, 1.54) is 0 Å². The molecule has 0 aromatic carbocycles. The van der Waals surface area contributed by atoms with E-state index in [1.54, 1.807) is 0 Å². The Morgan fingerprint density at radius 3 is 2.71 bits per heavy atom. The first-order valence-corrected chi connectivity index (χ1v) is 7.34. The van der Waals surface area contributed by atoms with Gasteiger partial charge >= 0.3 is 5.97 Å². The number of rotatable bonds is 7. The summed E-state index contributed by atoms with van der Waals surface area (Å²) in [7, 11) is -3.49. The molecule has 1 rings (SSSR count). The average Bonchev–Trinajstić information content (AvgIpc) is 2.68. The first-order chi connectivity index (χ1) is 7.95.